The Balaban J connectivity index is 3.07. The second-order valence-electron chi connectivity index (χ2n) is 3.66. The lowest BCUT2D eigenvalue weighted by atomic mass is 9.96. The van der Waals surface area contributed by atoms with E-state index in [-0.39, 0.29) is 5.92 Å². The van der Waals surface area contributed by atoms with Crippen molar-refractivity contribution in [2.24, 2.45) is 0 Å². The lowest BCUT2D eigenvalue weighted by Crippen LogP contribution is -1.97. The second-order valence-corrected chi connectivity index (χ2v) is 4.51. The first kappa shape index (κ1) is 12.2. The van der Waals surface area contributed by atoms with Gasteiger partial charge >= 0.3 is 0 Å². The standard InChI is InChI=1S/C12H15BrO2/c1-8(4-5-14)10-6-9(2)12(15-3)11(13)7-10/h5-8H,4H2,1-3H3. The van der Waals surface area contributed by atoms with Gasteiger partial charge in [-0.2, -0.15) is 0 Å². The third-order valence-electron chi connectivity index (χ3n) is 2.47. The highest BCUT2D eigenvalue weighted by Gasteiger charge is 2.10. The van der Waals surface area contributed by atoms with E-state index >= 15 is 0 Å². The number of rotatable bonds is 4. The number of hydrogen-bond acceptors (Lipinski definition) is 2. The van der Waals surface area contributed by atoms with Crippen LogP contribution in [0.25, 0.3) is 0 Å². The van der Waals surface area contributed by atoms with Crippen LogP contribution in [0.4, 0.5) is 0 Å². The van der Waals surface area contributed by atoms with Gasteiger partial charge in [0.1, 0.15) is 12.0 Å². The predicted molar refractivity (Wildman–Crippen MR) is 64.5 cm³/mol. The summed E-state index contributed by atoms with van der Waals surface area (Å²) in [6.45, 7) is 4.04. The molecule has 0 N–H and O–H groups in total. The normalized spacial score (nSPS) is 12.3. The fourth-order valence-corrected chi connectivity index (χ4v) is 2.32. The number of carbonyl (C=O) groups excluding carboxylic acids is 1. The van der Waals surface area contributed by atoms with Crippen LogP contribution in [0.5, 0.6) is 5.75 Å². The quantitative estimate of drug-likeness (QED) is 0.784. The number of hydrogen-bond donors (Lipinski definition) is 0. The van der Waals surface area contributed by atoms with Crippen LogP contribution in [-0.2, 0) is 4.79 Å². The lowest BCUT2D eigenvalue weighted by molar-refractivity contribution is -0.108. The zero-order valence-corrected chi connectivity index (χ0v) is 10.8. The Morgan fingerprint density at radius 1 is 1.53 bits per heavy atom. The van der Waals surface area contributed by atoms with Crippen LogP contribution >= 0.6 is 15.9 Å². The number of methoxy groups -OCH3 is 1. The van der Waals surface area contributed by atoms with Crippen molar-refractivity contribution < 1.29 is 9.53 Å². The molecule has 0 fully saturated rings. The second kappa shape index (κ2) is 5.31. The van der Waals surface area contributed by atoms with E-state index in [0.717, 1.165) is 27.6 Å². The van der Waals surface area contributed by atoms with Crippen molar-refractivity contribution in [1.82, 2.24) is 0 Å². The van der Waals surface area contributed by atoms with Gasteiger partial charge in [0, 0.05) is 6.42 Å². The van der Waals surface area contributed by atoms with Gasteiger partial charge in [0.25, 0.3) is 0 Å². The minimum atomic E-state index is 0.253. The summed E-state index contributed by atoms with van der Waals surface area (Å²) in [4.78, 5) is 10.4. The van der Waals surface area contributed by atoms with E-state index in [0.29, 0.717) is 6.42 Å². The number of aldehydes is 1. The van der Waals surface area contributed by atoms with Gasteiger partial charge in [0.05, 0.1) is 11.6 Å². The van der Waals surface area contributed by atoms with Gasteiger partial charge in [-0.05, 0) is 46.0 Å². The Bertz CT molecular complexity index is 338. The number of benzene rings is 1. The third kappa shape index (κ3) is 2.81. The summed E-state index contributed by atoms with van der Waals surface area (Å²) in [5.41, 5.74) is 2.24. The van der Waals surface area contributed by atoms with Gasteiger partial charge in [-0.3, -0.25) is 0 Å². The molecule has 1 unspecified atom stereocenters. The molecule has 1 aromatic carbocycles. The zero-order valence-electron chi connectivity index (χ0n) is 9.21. The van der Waals surface area contributed by atoms with Crippen LogP contribution in [0.1, 0.15) is 30.4 Å². The van der Waals surface area contributed by atoms with Gasteiger partial charge in [0.2, 0.25) is 0 Å². The predicted octanol–water partition coefficient (Wildman–Crippen LogP) is 3.46. The Hall–Kier alpha value is -0.830. The minimum Gasteiger partial charge on any atom is -0.495 e. The maximum atomic E-state index is 10.4. The van der Waals surface area contributed by atoms with Gasteiger partial charge in [-0.25, -0.2) is 0 Å². The van der Waals surface area contributed by atoms with E-state index in [1.165, 1.54) is 0 Å². The first-order valence-corrected chi connectivity index (χ1v) is 5.67. The summed E-state index contributed by atoms with van der Waals surface area (Å²) < 4.78 is 6.20. The summed E-state index contributed by atoms with van der Waals surface area (Å²) in [6.07, 6.45) is 1.51. The van der Waals surface area contributed by atoms with E-state index < -0.39 is 0 Å². The highest BCUT2D eigenvalue weighted by molar-refractivity contribution is 9.10. The average Bonchev–Trinajstić information content (AvgIpc) is 2.17. The maximum Gasteiger partial charge on any atom is 0.135 e. The fraction of sp³-hybridized carbons (Fsp3) is 0.417. The molecule has 3 heteroatoms. The minimum absolute atomic E-state index is 0.253. The van der Waals surface area contributed by atoms with Crippen molar-refractivity contribution in [1.29, 1.82) is 0 Å². The fourth-order valence-electron chi connectivity index (χ4n) is 1.58. The van der Waals surface area contributed by atoms with Crippen LogP contribution in [0.3, 0.4) is 0 Å². The number of carbonyl (C=O) groups is 1. The van der Waals surface area contributed by atoms with Crippen LogP contribution < -0.4 is 4.74 Å². The average molecular weight is 271 g/mol. The van der Waals surface area contributed by atoms with Crippen LogP contribution in [0.15, 0.2) is 16.6 Å². The molecule has 0 aromatic heterocycles. The first-order valence-electron chi connectivity index (χ1n) is 4.87. The van der Waals surface area contributed by atoms with Crippen molar-refractivity contribution in [3.63, 3.8) is 0 Å². The Kier molecular flexibility index (Phi) is 4.33. The van der Waals surface area contributed by atoms with Crippen LogP contribution in [0.2, 0.25) is 0 Å². The number of aryl methyl sites for hydroxylation is 1. The molecule has 0 amide bonds. The molecule has 0 spiro atoms. The van der Waals surface area contributed by atoms with Gasteiger partial charge in [0.15, 0.2) is 0 Å². The molecular formula is C12H15BrO2. The molecular weight excluding hydrogens is 256 g/mol. The van der Waals surface area contributed by atoms with E-state index in [4.69, 9.17) is 4.74 Å². The van der Waals surface area contributed by atoms with Crippen LogP contribution in [-0.4, -0.2) is 13.4 Å². The molecule has 0 bridgehead atoms. The summed E-state index contributed by atoms with van der Waals surface area (Å²) in [5, 5.41) is 0. The molecule has 82 valence electrons. The summed E-state index contributed by atoms with van der Waals surface area (Å²) in [5.74, 6) is 1.11. The summed E-state index contributed by atoms with van der Waals surface area (Å²) in [6, 6.07) is 4.08. The molecule has 2 nitrogen and oxygen atoms in total. The molecule has 1 aromatic rings. The van der Waals surface area contributed by atoms with Crippen LogP contribution in [0, 0.1) is 6.92 Å². The highest BCUT2D eigenvalue weighted by Crippen LogP contribution is 2.33. The molecule has 15 heavy (non-hydrogen) atoms. The van der Waals surface area contributed by atoms with E-state index in [9.17, 15) is 4.79 Å². The Morgan fingerprint density at radius 3 is 2.67 bits per heavy atom. The number of halogens is 1. The molecule has 0 radical (unpaired) electrons. The first-order chi connectivity index (χ1) is 7.10. The Labute approximate surface area is 98.8 Å². The molecule has 0 aliphatic carbocycles. The van der Waals surface area contributed by atoms with E-state index in [2.05, 4.69) is 22.0 Å². The SMILES string of the molecule is COc1c(C)cc(C(C)CC=O)cc1Br. The van der Waals surface area contributed by atoms with Crippen molar-refractivity contribution in [3.05, 3.63) is 27.7 Å². The smallest absolute Gasteiger partial charge is 0.135 e. The summed E-state index contributed by atoms with van der Waals surface area (Å²) in [7, 11) is 1.65. The third-order valence-corrected chi connectivity index (χ3v) is 3.06. The van der Waals surface area contributed by atoms with Crippen molar-refractivity contribution >= 4 is 22.2 Å². The van der Waals surface area contributed by atoms with E-state index in [1.807, 2.05) is 19.9 Å². The van der Waals surface area contributed by atoms with Crippen molar-refractivity contribution in [2.75, 3.05) is 7.11 Å². The van der Waals surface area contributed by atoms with Crippen molar-refractivity contribution in [2.45, 2.75) is 26.2 Å². The molecule has 0 aliphatic rings. The van der Waals surface area contributed by atoms with Gasteiger partial charge in [-0.15, -0.1) is 0 Å². The maximum absolute atomic E-state index is 10.4. The molecule has 0 heterocycles. The highest BCUT2D eigenvalue weighted by atomic mass is 79.9. The summed E-state index contributed by atoms with van der Waals surface area (Å²) >= 11 is 3.46. The van der Waals surface area contributed by atoms with E-state index in [1.54, 1.807) is 7.11 Å². The number of ether oxygens (including phenoxy) is 1. The molecule has 1 rings (SSSR count). The van der Waals surface area contributed by atoms with Gasteiger partial charge in [-0.1, -0.05) is 13.0 Å². The van der Waals surface area contributed by atoms with Gasteiger partial charge < -0.3 is 9.53 Å². The Morgan fingerprint density at radius 2 is 2.20 bits per heavy atom. The topological polar surface area (TPSA) is 26.3 Å². The molecule has 1 atom stereocenters. The monoisotopic (exact) mass is 270 g/mol. The zero-order chi connectivity index (χ0) is 11.4. The molecule has 0 saturated heterocycles. The van der Waals surface area contributed by atoms with Crippen molar-refractivity contribution in [3.8, 4) is 5.75 Å². The lowest BCUT2D eigenvalue weighted by Gasteiger charge is -2.13. The molecule has 0 saturated carbocycles. The largest absolute Gasteiger partial charge is 0.495 e. The molecule has 0 aliphatic heterocycles.